The first kappa shape index (κ1) is 10.4. The molecular weight excluding hydrogens is 184 g/mol. The highest BCUT2D eigenvalue weighted by Gasteiger charge is 2.22. The van der Waals surface area contributed by atoms with Gasteiger partial charge in [-0.1, -0.05) is 49.4 Å². The van der Waals surface area contributed by atoms with Crippen molar-refractivity contribution in [2.45, 2.75) is 25.9 Å². The maximum Gasteiger partial charge on any atom is 0.0852 e. The fraction of sp³-hybridized carbons (Fsp3) is 0.429. The van der Waals surface area contributed by atoms with Crippen LogP contribution in [0.25, 0.3) is 0 Å². The van der Waals surface area contributed by atoms with Gasteiger partial charge in [-0.3, -0.25) is 0 Å². The molecule has 0 unspecified atom stereocenters. The monoisotopic (exact) mass is 202 g/mol. The lowest BCUT2D eigenvalue weighted by Crippen LogP contribution is -2.16. The van der Waals surface area contributed by atoms with Crippen LogP contribution >= 0.6 is 0 Å². The predicted octanol–water partition coefficient (Wildman–Crippen LogP) is 3.32. The standard InChI is InChI=1S/C14H18O/c1-11-6-5-9-13(10-11)14(15)12-7-3-2-4-8-12/h2-5,7-9,11,13-15H,6,10H2,1H3/t11-,13-,14+/m1/s1. The SMILES string of the molecule is C[C@@H]1CC=C[C@@H]([C@@H](O)c2ccccc2)C1. The van der Waals surface area contributed by atoms with Gasteiger partial charge in [-0.2, -0.15) is 0 Å². The molecule has 0 heterocycles. The van der Waals surface area contributed by atoms with E-state index in [4.69, 9.17) is 0 Å². The fourth-order valence-electron chi connectivity index (χ4n) is 2.26. The molecule has 0 radical (unpaired) electrons. The van der Waals surface area contributed by atoms with Gasteiger partial charge in [-0.05, 0) is 24.3 Å². The molecule has 15 heavy (non-hydrogen) atoms. The van der Waals surface area contributed by atoms with Crippen molar-refractivity contribution >= 4 is 0 Å². The van der Waals surface area contributed by atoms with Crippen LogP contribution in [0.2, 0.25) is 0 Å². The van der Waals surface area contributed by atoms with Crippen molar-refractivity contribution < 1.29 is 5.11 Å². The summed E-state index contributed by atoms with van der Waals surface area (Å²) in [5.74, 6) is 0.981. The van der Waals surface area contributed by atoms with Crippen molar-refractivity contribution in [3.63, 3.8) is 0 Å². The Kier molecular flexibility index (Phi) is 3.22. The van der Waals surface area contributed by atoms with Gasteiger partial charge in [0.2, 0.25) is 0 Å². The van der Waals surface area contributed by atoms with Gasteiger partial charge in [0.05, 0.1) is 6.10 Å². The Morgan fingerprint density at radius 1 is 1.27 bits per heavy atom. The molecule has 0 fully saturated rings. The minimum Gasteiger partial charge on any atom is -0.388 e. The van der Waals surface area contributed by atoms with Crippen LogP contribution in [0.4, 0.5) is 0 Å². The first-order valence-electron chi connectivity index (χ1n) is 5.67. The van der Waals surface area contributed by atoms with Crippen molar-refractivity contribution in [2.24, 2.45) is 11.8 Å². The summed E-state index contributed by atoms with van der Waals surface area (Å²) < 4.78 is 0. The quantitative estimate of drug-likeness (QED) is 0.729. The van der Waals surface area contributed by atoms with Crippen LogP contribution < -0.4 is 0 Å². The number of aliphatic hydroxyl groups excluding tert-OH is 1. The van der Waals surface area contributed by atoms with E-state index in [1.165, 1.54) is 0 Å². The largest absolute Gasteiger partial charge is 0.388 e. The summed E-state index contributed by atoms with van der Waals surface area (Å²) in [6.07, 6.45) is 6.26. The summed E-state index contributed by atoms with van der Waals surface area (Å²) in [6, 6.07) is 9.94. The number of hydrogen-bond donors (Lipinski definition) is 1. The Labute approximate surface area is 91.4 Å². The van der Waals surface area contributed by atoms with Crippen molar-refractivity contribution in [1.29, 1.82) is 0 Å². The predicted molar refractivity (Wildman–Crippen MR) is 62.4 cm³/mol. The smallest absolute Gasteiger partial charge is 0.0852 e. The number of rotatable bonds is 2. The highest BCUT2D eigenvalue weighted by Crippen LogP contribution is 2.32. The maximum absolute atomic E-state index is 10.2. The number of allylic oxidation sites excluding steroid dienone is 1. The van der Waals surface area contributed by atoms with Crippen molar-refractivity contribution in [2.75, 3.05) is 0 Å². The zero-order chi connectivity index (χ0) is 10.7. The normalized spacial score (nSPS) is 27.6. The Morgan fingerprint density at radius 2 is 2.00 bits per heavy atom. The fourth-order valence-corrected chi connectivity index (χ4v) is 2.26. The van der Waals surface area contributed by atoms with Crippen LogP contribution in [-0.2, 0) is 0 Å². The molecule has 1 heteroatoms. The van der Waals surface area contributed by atoms with Crippen molar-refractivity contribution in [3.05, 3.63) is 48.0 Å². The van der Waals surface area contributed by atoms with Gasteiger partial charge in [0.25, 0.3) is 0 Å². The molecule has 0 aromatic heterocycles. The lowest BCUT2D eigenvalue weighted by molar-refractivity contribution is 0.115. The maximum atomic E-state index is 10.2. The van der Waals surface area contributed by atoms with Gasteiger partial charge in [-0.15, -0.1) is 0 Å². The molecule has 0 bridgehead atoms. The number of hydrogen-bond acceptors (Lipinski definition) is 1. The minimum atomic E-state index is -0.342. The van der Waals surface area contributed by atoms with Gasteiger partial charge in [0.1, 0.15) is 0 Å². The summed E-state index contributed by atoms with van der Waals surface area (Å²) in [6.45, 7) is 2.24. The molecule has 1 aliphatic rings. The van der Waals surface area contributed by atoms with E-state index in [0.29, 0.717) is 5.92 Å². The third-order valence-corrected chi connectivity index (χ3v) is 3.14. The lowest BCUT2D eigenvalue weighted by atomic mass is 9.82. The Balaban J connectivity index is 2.11. The molecule has 1 nitrogen and oxygen atoms in total. The molecule has 2 rings (SSSR count). The van der Waals surface area contributed by atoms with Crippen LogP contribution in [0.15, 0.2) is 42.5 Å². The summed E-state index contributed by atoms with van der Waals surface area (Å²) in [5.41, 5.74) is 1.03. The van der Waals surface area contributed by atoms with E-state index in [0.717, 1.165) is 18.4 Å². The molecule has 3 atom stereocenters. The highest BCUT2D eigenvalue weighted by atomic mass is 16.3. The van der Waals surface area contributed by atoms with E-state index in [2.05, 4.69) is 19.1 Å². The molecule has 0 saturated carbocycles. The van der Waals surface area contributed by atoms with E-state index >= 15 is 0 Å². The van der Waals surface area contributed by atoms with Crippen LogP contribution in [0.3, 0.4) is 0 Å². The summed E-state index contributed by atoms with van der Waals surface area (Å²) in [4.78, 5) is 0. The van der Waals surface area contributed by atoms with Gasteiger partial charge in [-0.25, -0.2) is 0 Å². The second kappa shape index (κ2) is 4.63. The van der Waals surface area contributed by atoms with Crippen LogP contribution in [-0.4, -0.2) is 5.11 Å². The lowest BCUT2D eigenvalue weighted by Gasteiger charge is -2.26. The van der Waals surface area contributed by atoms with Gasteiger partial charge >= 0.3 is 0 Å². The third-order valence-electron chi connectivity index (χ3n) is 3.14. The van der Waals surface area contributed by atoms with Gasteiger partial charge in [0.15, 0.2) is 0 Å². The summed E-state index contributed by atoms with van der Waals surface area (Å²) in [7, 11) is 0. The average molecular weight is 202 g/mol. The van der Waals surface area contributed by atoms with Crippen LogP contribution in [0.1, 0.15) is 31.4 Å². The van der Waals surface area contributed by atoms with Crippen molar-refractivity contribution in [1.82, 2.24) is 0 Å². The van der Waals surface area contributed by atoms with Gasteiger partial charge in [0, 0.05) is 5.92 Å². The molecule has 1 aliphatic carbocycles. The molecular formula is C14H18O. The molecule has 1 aromatic carbocycles. The van der Waals surface area contributed by atoms with E-state index in [1.807, 2.05) is 30.3 Å². The molecule has 80 valence electrons. The van der Waals surface area contributed by atoms with E-state index in [-0.39, 0.29) is 12.0 Å². The number of aliphatic hydroxyl groups is 1. The Bertz CT molecular complexity index is 328. The second-order valence-electron chi connectivity index (χ2n) is 4.52. The molecule has 1 N–H and O–H groups in total. The Morgan fingerprint density at radius 3 is 2.67 bits per heavy atom. The molecule has 1 aromatic rings. The Hall–Kier alpha value is -1.08. The van der Waals surface area contributed by atoms with Crippen LogP contribution in [0, 0.1) is 11.8 Å². The van der Waals surface area contributed by atoms with E-state index in [9.17, 15) is 5.11 Å². The second-order valence-corrected chi connectivity index (χ2v) is 4.52. The topological polar surface area (TPSA) is 20.2 Å². The molecule has 0 saturated heterocycles. The zero-order valence-electron chi connectivity index (χ0n) is 9.13. The molecule has 0 aliphatic heterocycles. The van der Waals surface area contributed by atoms with E-state index < -0.39 is 0 Å². The highest BCUT2D eigenvalue weighted by molar-refractivity contribution is 5.19. The van der Waals surface area contributed by atoms with Crippen molar-refractivity contribution in [3.8, 4) is 0 Å². The van der Waals surface area contributed by atoms with E-state index in [1.54, 1.807) is 0 Å². The first-order valence-corrected chi connectivity index (χ1v) is 5.67. The average Bonchev–Trinajstić information content (AvgIpc) is 2.29. The van der Waals surface area contributed by atoms with Gasteiger partial charge < -0.3 is 5.11 Å². The third kappa shape index (κ3) is 2.48. The first-order chi connectivity index (χ1) is 7.27. The molecule has 0 spiro atoms. The minimum absolute atomic E-state index is 0.288. The molecule has 0 amide bonds. The number of benzene rings is 1. The zero-order valence-corrected chi connectivity index (χ0v) is 9.13. The van der Waals surface area contributed by atoms with Crippen LogP contribution in [0.5, 0.6) is 0 Å². The summed E-state index contributed by atoms with van der Waals surface area (Å²) >= 11 is 0. The summed E-state index contributed by atoms with van der Waals surface area (Å²) in [5, 5.41) is 10.2.